The van der Waals surface area contributed by atoms with Gasteiger partial charge in [-0.2, -0.15) is 0 Å². The van der Waals surface area contributed by atoms with Crippen molar-refractivity contribution in [2.75, 3.05) is 32.1 Å². The molecule has 19 heavy (non-hydrogen) atoms. The molecular weight excluding hydrogens is 253 g/mol. The second-order valence-corrected chi connectivity index (χ2v) is 3.94. The third kappa shape index (κ3) is 4.36. The maximum Gasteiger partial charge on any atom is 0.313 e. The number of methoxy groups -OCH3 is 1. The molecule has 106 valence electrons. The van der Waals surface area contributed by atoms with Crippen LogP contribution in [0.1, 0.15) is 13.3 Å². The summed E-state index contributed by atoms with van der Waals surface area (Å²) in [4.78, 5) is 10.0. The van der Waals surface area contributed by atoms with E-state index in [4.69, 9.17) is 4.74 Å². The van der Waals surface area contributed by atoms with E-state index in [1.165, 1.54) is 13.2 Å². The molecule has 0 amide bonds. The molecule has 0 saturated carbocycles. The lowest BCUT2D eigenvalue weighted by Crippen LogP contribution is -2.23. The second kappa shape index (κ2) is 7.52. The van der Waals surface area contributed by atoms with Gasteiger partial charge in [-0.1, -0.05) is 6.92 Å². The van der Waals surface area contributed by atoms with E-state index in [-0.39, 0.29) is 17.1 Å². The Hall–Kier alpha value is -1.89. The summed E-state index contributed by atoms with van der Waals surface area (Å²) in [5.74, 6) is -0.626. The molecule has 0 aliphatic heterocycles. The summed E-state index contributed by atoms with van der Waals surface area (Å²) in [6, 6.07) is 2.16. The average Bonchev–Trinajstić information content (AvgIpc) is 2.39. The Bertz CT molecular complexity index is 440. The van der Waals surface area contributed by atoms with Crippen LogP contribution in [0, 0.1) is 15.9 Å². The van der Waals surface area contributed by atoms with Crippen molar-refractivity contribution in [3.8, 4) is 5.75 Å². The van der Waals surface area contributed by atoms with Gasteiger partial charge in [0, 0.05) is 19.2 Å². The van der Waals surface area contributed by atoms with Crippen LogP contribution in [0.2, 0.25) is 0 Å². The fraction of sp³-hybridized carbons (Fsp3) is 0.500. The normalized spacial score (nSPS) is 10.3. The molecule has 0 aliphatic carbocycles. The average molecular weight is 271 g/mol. The summed E-state index contributed by atoms with van der Waals surface area (Å²) in [5.41, 5.74) is -0.185. The topological polar surface area (TPSA) is 76.4 Å². The van der Waals surface area contributed by atoms with Gasteiger partial charge in [0.25, 0.3) is 0 Å². The van der Waals surface area contributed by atoms with Crippen molar-refractivity contribution in [2.24, 2.45) is 0 Å². The molecule has 1 rings (SSSR count). The molecule has 0 atom stereocenters. The van der Waals surface area contributed by atoms with Crippen LogP contribution in [0.4, 0.5) is 15.8 Å². The molecule has 0 aliphatic rings. The third-order valence-corrected chi connectivity index (χ3v) is 2.51. The van der Waals surface area contributed by atoms with Gasteiger partial charge in [-0.15, -0.1) is 0 Å². The SMILES string of the molecule is CCCNCCNc1cc(OC)c([N+](=O)[O-])cc1F. The Morgan fingerprint density at radius 3 is 2.68 bits per heavy atom. The van der Waals surface area contributed by atoms with Crippen LogP contribution in [-0.4, -0.2) is 31.7 Å². The molecule has 6 nitrogen and oxygen atoms in total. The van der Waals surface area contributed by atoms with Crippen molar-refractivity contribution in [1.82, 2.24) is 5.32 Å². The Morgan fingerprint density at radius 2 is 2.11 bits per heavy atom. The van der Waals surface area contributed by atoms with Crippen LogP contribution in [0.25, 0.3) is 0 Å². The molecular formula is C12H18FN3O3. The monoisotopic (exact) mass is 271 g/mol. The third-order valence-electron chi connectivity index (χ3n) is 2.51. The van der Waals surface area contributed by atoms with Crippen LogP contribution < -0.4 is 15.4 Å². The number of nitro groups is 1. The van der Waals surface area contributed by atoms with Gasteiger partial charge in [0.2, 0.25) is 0 Å². The first-order valence-electron chi connectivity index (χ1n) is 6.06. The van der Waals surface area contributed by atoms with Crippen molar-refractivity contribution >= 4 is 11.4 Å². The summed E-state index contributed by atoms with van der Waals surface area (Å²) in [6.45, 7) is 4.17. The number of nitrogens with zero attached hydrogens (tertiary/aromatic N) is 1. The molecule has 0 spiro atoms. The van der Waals surface area contributed by atoms with Crippen LogP contribution >= 0.6 is 0 Å². The lowest BCUT2D eigenvalue weighted by molar-refractivity contribution is -0.385. The van der Waals surface area contributed by atoms with Gasteiger partial charge in [-0.05, 0) is 13.0 Å². The van der Waals surface area contributed by atoms with Crippen molar-refractivity contribution in [2.45, 2.75) is 13.3 Å². The minimum Gasteiger partial charge on any atom is -0.490 e. The van der Waals surface area contributed by atoms with Gasteiger partial charge in [0.15, 0.2) is 11.6 Å². The molecule has 0 saturated heterocycles. The number of hydrogen-bond donors (Lipinski definition) is 2. The summed E-state index contributed by atoms with van der Waals surface area (Å²) in [5, 5.41) is 16.7. The molecule has 1 aromatic carbocycles. The lowest BCUT2D eigenvalue weighted by atomic mass is 10.2. The lowest BCUT2D eigenvalue weighted by Gasteiger charge is -2.10. The van der Waals surface area contributed by atoms with E-state index >= 15 is 0 Å². The highest BCUT2D eigenvalue weighted by Crippen LogP contribution is 2.32. The first-order valence-corrected chi connectivity index (χ1v) is 6.06. The Morgan fingerprint density at radius 1 is 1.37 bits per heavy atom. The first-order chi connectivity index (χ1) is 9.10. The zero-order chi connectivity index (χ0) is 14.3. The molecule has 2 N–H and O–H groups in total. The van der Waals surface area contributed by atoms with Crippen LogP contribution in [0.3, 0.4) is 0 Å². The fourth-order valence-corrected chi connectivity index (χ4v) is 1.57. The Kier molecular flexibility index (Phi) is 6.01. The van der Waals surface area contributed by atoms with Gasteiger partial charge < -0.3 is 15.4 Å². The second-order valence-electron chi connectivity index (χ2n) is 3.94. The number of benzene rings is 1. The van der Waals surface area contributed by atoms with Crippen LogP contribution in [0.15, 0.2) is 12.1 Å². The number of ether oxygens (including phenoxy) is 1. The molecule has 0 unspecified atom stereocenters. The first kappa shape index (κ1) is 15.2. The van der Waals surface area contributed by atoms with Crippen LogP contribution in [-0.2, 0) is 0 Å². The fourth-order valence-electron chi connectivity index (χ4n) is 1.57. The Labute approximate surface area is 111 Å². The molecule has 0 aromatic heterocycles. The maximum absolute atomic E-state index is 13.7. The number of rotatable bonds is 8. The molecule has 1 aromatic rings. The number of nitro benzene ring substituents is 1. The van der Waals surface area contributed by atoms with Gasteiger partial charge >= 0.3 is 5.69 Å². The minimum absolute atomic E-state index is 0.0374. The van der Waals surface area contributed by atoms with E-state index in [9.17, 15) is 14.5 Å². The van der Waals surface area contributed by atoms with Crippen LogP contribution in [0.5, 0.6) is 5.75 Å². The molecule has 0 heterocycles. The predicted molar refractivity (Wildman–Crippen MR) is 71.3 cm³/mol. The molecule has 0 radical (unpaired) electrons. The molecule has 0 fully saturated rings. The standard InChI is InChI=1S/C12H18FN3O3/c1-3-4-14-5-6-15-10-8-12(19-2)11(16(17)18)7-9(10)13/h7-8,14-15H,3-6H2,1-2H3. The summed E-state index contributed by atoms with van der Waals surface area (Å²) >= 11 is 0. The van der Waals surface area contributed by atoms with Crippen molar-refractivity contribution in [3.05, 3.63) is 28.1 Å². The van der Waals surface area contributed by atoms with E-state index < -0.39 is 10.7 Å². The number of nitrogens with one attached hydrogen (secondary N) is 2. The minimum atomic E-state index is -0.672. The van der Waals surface area contributed by atoms with E-state index in [2.05, 4.69) is 17.6 Å². The van der Waals surface area contributed by atoms with Gasteiger partial charge in [-0.3, -0.25) is 10.1 Å². The van der Waals surface area contributed by atoms with Crippen molar-refractivity contribution < 1.29 is 14.1 Å². The van der Waals surface area contributed by atoms with E-state index in [1.807, 2.05) is 0 Å². The van der Waals surface area contributed by atoms with Crippen molar-refractivity contribution in [3.63, 3.8) is 0 Å². The van der Waals surface area contributed by atoms with Gasteiger partial charge in [0.1, 0.15) is 0 Å². The van der Waals surface area contributed by atoms with Crippen molar-refractivity contribution in [1.29, 1.82) is 0 Å². The molecule has 0 bridgehead atoms. The summed E-state index contributed by atoms with van der Waals surface area (Å²) in [6.07, 6.45) is 1.03. The maximum atomic E-state index is 13.7. The number of anilines is 1. The quantitative estimate of drug-likeness (QED) is 0.430. The highest BCUT2D eigenvalue weighted by Gasteiger charge is 2.18. The highest BCUT2D eigenvalue weighted by atomic mass is 19.1. The Balaban J connectivity index is 2.71. The zero-order valence-electron chi connectivity index (χ0n) is 11.0. The van der Waals surface area contributed by atoms with E-state index in [0.717, 1.165) is 19.0 Å². The van der Waals surface area contributed by atoms with Gasteiger partial charge in [0.05, 0.1) is 23.8 Å². The predicted octanol–water partition coefficient (Wildman–Crippen LogP) is 2.15. The summed E-state index contributed by atoms with van der Waals surface area (Å²) < 4.78 is 18.5. The number of hydrogen-bond acceptors (Lipinski definition) is 5. The summed E-state index contributed by atoms with van der Waals surface area (Å²) in [7, 11) is 1.31. The highest BCUT2D eigenvalue weighted by molar-refractivity contribution is 5.59. The van der Waals surface area contributed by atoms with E-state index in [1.54, 1.807) is 0 Å². The smallest absolute Gasteiger partial charge is 0.313 e. The number of halogens is 1. The van der Waals surface area contributed by atoms with Gasteiger partial charge in [-0.25, -0.2) is 4.39 Å². The largest absolute Gasteiger partial charge is 0.490 e. The molecule has 7 heteroatoms. The van der Waals surface area contributed by atoms with E-state index in [0.29, 0.717) is 13.1 Å². The zero-order valence-corrected chi connectivity index (χ0v) is 11.0.